The smallest absolute Gasteiger partial charge is 0.0453 e. The summed E-state index contributed by atoms with van der Waals surface area (Å²) in [6.07, 6.45) is 1.77. The van der Waals surface area contributed by atoms with Crippen LogP contribution >= 0.6 is 25.3 Å². The highest BCUT2D eigenvalue weighted by Crippen LogP contribution is 2.56. The molecule has 0 nitrogen and oxygen atoms in total. The highest BCUT2D eigenvalue weighted by Gasteiger charge is 2.51. The molecule has 0 saturated carbocycles. The summed E-state index contributed by atoms with van der Waals surface area (Å²) in [6, 6.07) is 39.1. The lowest BCUT2D eigenvalue weighted by molar-refractivity contribution is 0.477. The lowest BCUT2D eigenvalue weighted by atomic mass is 9.69. The fourth-order valence-corrected chi connectivity index (χ4v) is 6.69. The van der Waals surface area contributed by atoms with E-state index in [9.17, 15) is 0 Å². The Balaban J connectivity index is 1.68. The maximum atomic E-state index is 5.33. The Morgan fingerprint density at radius 2 is 0.839 bits per heavy atom. The van der Waals surface area contributed by atoms with Crippen LogP contribution < -0.4 is 0 Å². The molecular weight excluding hydrogens is 412 g/mol. The van der Waals surface area contributed by atoms with Crippen molar-refractivity contribution in [3.05, 3.63) is 131 Å². The molecule has 0 amide bonds. The molecule has 0 saturated heterocycles. The number of hydrogen-bond acceptors (Lipinski definition) is 2. The third-order valence-corrected chi connectivity index (χ3v) is 7.81. The first-order valence-corrected chi connectivity index (χ1v) is 11.9. The molecule has 31 heavy (non-hydrogen) atoms. The molecule has 0 heterocycles. The van der Waals surface area contributed by atoms with Crippen LogP contribution in [0.2, 0.25) is 0 Å². The molecule has 4 aromatic carbocycles. The van der Waals surface area contributed by atoms with E-state index >= 15 is 0 Å². The van der Waals surface area contributed by atoms with Crippen LogP contribution in [0.15, 0.2) is 109 Å². The van der Waals surface area contributed by atoms with E-state index in [2.05, 4.69) is 109 Å². The van der Waals surface area contributed by atoms with Crippen LogP contribution in [0.4, 0.5) is 0 Å². The maximum absolute atomic E-state index is 5.33. The van der Waals surface area contributed by atoms with Crippen molar-refractivity contribution in [2.24, 2.45) is 0 Å². The second kappa shape index (κ2) is 8.61. The minimum atomic E-state index is -0.287. The Labute approximate surface area is 196 Å². The molecule has 0 bridgehead atoms. The summed E-state index contributed by atoms with van der Waals surface area (Å²) >= 11 is 10.7. The van der Waals surface area contributed by atoms with Gasteiger partial charge in [-0.3, -0.25) is 0 Å². The maximum Gasteiger partial charge on any atom is 0.0453 e. The molecule has 0 N–H and O–H groups in total. The zero-order chi connectivity index (χ0) is 21.3. The zero-order valence-electron chi connectivity index (χ0n) is 17.4. The van der Waals surface area contributed by atoms with Gasteiger partial charge < -0.3 is 0 Å². The molecule has 0 fully saturated rings. The summed E-state index contributed by atoms with van der Waals surface area (Å²) in [5.74, 6) is 0. The second-order valence-corrected chi connectivity index (χ2v) is 9.62. The van der Waals surface area contributed by atoms with Crippen molar-refractivity contribution in [1.82, 2.24) is 0 Å². The standard InChI is InChI=1S/C29H26S2/c30-27(19-21-11-3-1-4-12-21)29(28(31)20-22-13-5-2-6-14-22)25-17-9-7-15-23(25)24-16-8-10-18-26(24)29/h1-18,27-28,30-31H,19-20H2. The van der Waals surface area contributed by atoms with Crippen LogP contribution in [0, 0.1) is 0 Å². The molecule has 2 atom stereocenters. The highest BCUT2D eigenvalue weighted by atomic mass is 32.1. The number of benzene rings is 4. The summed E-state index contributed by atoms with van der Waals surface area (Å²) in [6.45, 7) is 0. The van der Waals surface area contributed by atoms with Crippen LogP contribution in [0.3, 0.4) is 0 Å². The molecule has 2 unspecified atom stereocenters. The van der Waals surface area contributed by atoms with Crippen molar-refractivity contribution in [3.63, 3.8) is 0 Å². The first-order valence-electron chi connectivity index (χ1n) is 10.8. The van der Waals surface area contributed by atoms with Gasteiger partial charge in [0.15, 0.2) is 0 Å². The first kappa shape index (κ1) is 20.5. The van der Waals surface area contributed by atoms with Crippen molar-refractivity contribution in [3.8, 4) is 11.1 Å². The minimum absolute atomic E-state index is 0.0888. The third kappa shape index (κ3) is 3.52. The summed E-state index contributed by atoms with van der Waals surface area (Å²) in [5, 5.41) is 0.178. The van der Waals surface area contributed by atoms with Gasteiger partial charge in [-0.1, -0.05) is 109 Å². The number of fused-ring (bicyclic) bond motifs is 3. The summed E-state index contributed by atoms with van der Waals surface area (Å²) in [7, 11) is 0. The summed E-state index contributed by atoms with van der Waals surface area (Å²) < 4.78 is 0. The van der Waals surface area contributed by atoms with Gasteiger partial charge in [0.1, 0.15) is 0 Å². The molecule has 5 rings (SSSR count). The van der Waals surface area contributed by atoms with Crippen LogP contribution in [0.1, 0.15) is 22.3 Å². The molecule has 0 radical (unpaired) electrons. The van der Waals surface area contributed by atoms with E-state index in [1.54, 1.807) is 0 Å². The Kier molecular flexibility index (Phi) is 5.69. The van der Waals surface area contributed by atoms with Gasteiger partial charge in [-0.25, -0.2) is 0 Å². The average Bonchev–Trinajstić information content (AvgIpc) is 3.12. The average molecular weight is 439 g/mol. The number of rotatable bonds is 6. The van der Waals surface area contributed by atoms with Crippen molar-refractivity contribution in [2.75, 3.05) is 0 Å². The Morgan fingerprint density at radius 1 is 0.484 bits per heavy atom. The Bertz CT molecular complexity index is 1070. The van der Waals surface area contributed by atoms with E-state index in [4.69, 9.17) is 25.3 Å². The van der Waals surface area contributed by atoms with Crippen LogP contribution in [-0.4, -0.2) is 10.5 Å². The summed E-state index contributed by atoms with van der Waals surface area (Å²) in [5.41, 5.74) is 7.67. The quantitative estimate of drug-likeness (QED) is 0.297. The van der Waals surface area contributed by atoms with E-state index in [1.165, 1.54) is 33.4 Å². The van der Waals surface area contributed by atoms with Crippen LogP contribution in [0.5, 0.6) is 0 Å². The molecule has 0 aromatic heterocycles. The monoisotopic (exact) mass is 438 g/mol. The van der Waals surface area contributed by atoms with Gasteiger partial charge in [0.25, 0.3) is 0 Å². The molecule has 154 valence electrons. The van der Waals surface area contributed by atoms with E-state index in [0.717, 1.165) is 12.8 Å². The van der Waals surface area contributed by atoms with Crippen molar-refractivity contribution in [1.29, 1.82) is 0 Å². The lowest BCUT2D eigenvalue weighted by Gasteiger charge is -2.42. The highest BCUT2D eigenvalue weighted by molar-refractivity contribution is 7.82. The molecule has 0 spiro atoms. The SMILES string of the molecule is SC(Cc1ccccc1)C1(C(S)Cc2ccccc2)c2ccccc2-c2ccccc21. The minimum Gasteiger partial charge on any atom is -0.174 e. The molecule has 0 aliphatic heterocycles. The fraction of sp³-hybridized carbons (Fsp3) is 0.172. The van der Waals surface area contributed by atoms with Gasteiger partial charge in [0.2, 0.25) is 0 Å². The molecule has 1 aliphatic carbocycles. The number of thiol groups is 2. The lowest BCUT2D eigenvalue weighted by Crippen LogP contribution is -2.46. The van der Waals surface area contributed by atoms with Gasteiger partial charge in [-0.2, -0.15) is 25.3 Å². The van der Waals surface area contributed by atoms with Gasteiger partial charge in [0, 0.05) is 15.9 Å². The molecular formula is C29H26S2. The predicted molar refractivity (Wildman–Crippen MR) is 138 cm³/mol. The Hall–Kier alpha value is -2.42. The van der Waals surface area contributed by atoms with Gasteiger partial charge in [-0.05, 0) is 46.2 Å². The van der Waals surface area contributed by atoms with Crippen molar-refractivity contribution >= 4 is 25.3 Å². The van der Waals surface area contributed by atoms with Crippen LogP contribution in [0.25, 0.3) is 11.1 Å². The number of hydrogen-bond donors (Lipinski definition) is 2. The van der Waals surface area contributed by atoms with E-state index in [0.29, 0.717) is 0 Å². The van der Waals surface area contributed by atoms with Gasteiger partial charge in [0.05, 0.1) is 0 Å². The zero-order valence-corrected chi connectivity index (χ0v) is 19.1. The normalized spacial score (nSPS) is 15.7. The second-order valence-electron chi connectivity index (χ2n) is 8.37. The topological polar surface area (TPSA) is 0 Å². The molecule has 2 heteroatoms. The van der Waals surface area contributed by atoms with Crippen LogP contribution in [-0.2, 0) is 18.3 Å². The van der Waals surface area contributed by atoms with Gasteiger partial charge in [-0.15, -0.1) is 0 Å². The third-order valence-electron chi connectivity index (χ3n) is 6.63. The molecule has 1 aliphatic rings. The van der Waals surface area contributed by atoms with Gasteiger partial charge >= 0.3 is 0 Å². The summed E-state index contributed by atoms with van der Waals surface area (Å²) in [4.78, 5) is 0. The van der Waals surface area contributed by atoms with E-state index in [-0.39, 0.29) is 15.9 Å². The Morgan fingerprint density at radius 3 is 1.26 bits per heavy atom. The van der Waals surface area contributed by atoms with Crippen molar-refractivity contribution < 1.29 is 0 Å². The first-order chi connectivity index (χ1) is 15.2. The van der Waals surface area contributed by atoms with E-state index in [1.807, 2.05) is 0 Å². The molecule has 4 aromatic rings. The largest absolute Gasteiger partial charge is 0.174 e. The van der Waals surface area contributed by atoms with E-state index < -0.39 is 0 Å². The fourth-order valence-electron chi connectivity index (χ4n) is 5.24. The predicted octanol–water partition coefficient (Wildman–Crippen LogP) is 7.04. The van der Waals surface area contributed by atoms with Crippen molar-refractivity contribution in [2.45, 2.75) is 28.8 Å².